The Kier molecular flexibility index (Phi) is 3.60. The zero-order chi connectivity index (χ0) is 16.0. The van der Waals surface area contributed by atoms with Gasteiger partial charge in [0.2, 0.25) is 0 Å². The molecule has 0 spiro atoms. The van der Waals surface area contributed by atoms with Crippen molar-refractivity contribution in [3.63, 3.8) is 0 Å². The normalized spacial score (nSPS) is 22.6. The molecule has 0 amide bonds. The molecule has 2 aliphatic heterocycles. The zero-order valence-electron chi connectivity index (χ0n) is 13.4. The van der Waals surface area contributed by atoms with Crippen molar-refractivity contribution >= 4 is 22.4 Å². The van der Waals surface area contributed by atoms with E-state index in [0.29, 0.717) is 17.6 Å². The predicted molar refractivity (Wildman–Crippen MR) is 92.1 cm³/mol. The first kappa shape index (κ1) is 14.7. The van der Waals surface area contributed by atoms with Gasteiger partial charge < -0.3 is 9.64 Å². The van der Waals surface area contributed by atoms with Crippen molar-refractivity contribution in [3.05, 3.63) is 34.7 Å². The highest BCUT2D eigenvalue weighted by molar-refractivity contribution is 7.14. The van der Waals surface area contributed by atoms with E-state index in [1.54, 1.807) is 11.3 Å². The number of piperidine rings is 1. The fraction of sp³-hybridized carbons (Fsp3) is 0.444. The molecule has 23 heavy (non-hydrogen) atoms. The van der Waals surface area contributed by atoms with Gasteiger partial charge in [-0.1, -0.05) is 6.07 Å². The minimum atomic E-state index is -0.299. The molecule has 4 rings (SSSR count). The standard InChI is InChI=1S/C18H20N2O2S/c1-11-8-12(17(21)22-2)6-7-15(11)16-10-23-18(19-16)20-13-4-3-5-14(20)9-13/h6-8,10,13-14H,3-5,9H2,1-2H3/t13-,14-/m0/s1. The number of fused-ring (bicyclic) bond motifs is 2. The monoisotopic (exact) mass is 328 g/mol. The van der Waals surface area contributed by atoms with Gasteiger partial charge >= 0.3 is 5.97 Å². The summed E-state index contributed by atoms with van der Waals surface area (Å²) < 4.78 is 4.78. The van der Waals surface area contributed by atoms with Crippen LogP contribution < -0.4 is 4.90 Å². The number of nitrogens with zero attached hydrogens (tertiary/aromatic N) is 2. The zero-order valence-corrected chi connectivity index (χ0v) is 14.2. The topological polar surface area (TPSA) is 42.4 Å². The van der Waals surface area contributed by atoms with Gasteiger partial charge in [-0.3, -0.25) is 0 Å². The quantitative estimate of drug-likeness (QED) is 0.798. The van der Waals surface area contributed by atoms with Gasteiger partial charge in [0.15, 0.2) is 5.13 Å². The first-order valence-electron chi connectivity index (χ1n) is 8.10. The van der Waals surface area contributed by atoms with E-state index in [1.165, 1.54) is 32.8 Å². The van der Waals surface area contributed by atoms with E-state index in [9.17, 15) is 4.79 Å². The number of ether oxygens (including phenoxy) is 1. The highest BCUT2D eigenvalue weighted by Crippen LogP contribution is 2.43. The summed E-state index contributed by atoms with van der Waals surface area (Å²) in [5.41, 5.74) is 3.73. The molecule has 5 heteroatoms. The van der Waals surface area contributed by atoms with Crippen molar-refractivity contribution in [2.75, 3.05) is 12.0 Å². The van der Waals surface area contributed by atoms with Gasteiger partial charge in [-0.15, -0.1) is 11.3 Å². The molecule has 4 nitrogen and oxygen atoms in total. The van der Waals surface area contributed by atoms with Gasteiger partial charge in [0.25, 0.3) is 0 Å². The summed E-state index contributed by atoms with van der Waals surface area (Å²) in [7, 11) is 1.40. The molecule has 0 N–H and O–H groups in total. The Labute approximate surface area is 140 Å². The number of thiazole rings is 1. The fourth-order valence-electron chi connectivity index (χ4n) is 3.82. The van der Waals surface area contributed by atoms with Crippen LogP contribution in [0.15, 0.2) is 23.6 Å². The molecule has 1 aromatic heterocycles. The van der Waals surface area contributed by atoms with E-state index < -0.39 is 0 Å². The van der Waals surface area contributed by atoms with Crippen molar-refractivity contribution < 1.29 is 9.53 Å². The average Bonchev–Trinajstić information content (AvgIpc) is 3.03. The first-order chi connectivity index (χ1) is 11.2. The maximum atomic E-state index is 11.6. The third kappa shape index (κ3) is 2.43. The number of esters is 1. The van der Waals surface area contributed by atoms with E-state index in [0.717, 1.165) is 22.0 Å². The lowest BCUT2D eigenvalue weighted by molar-refractivity contribution is 0.0600. The molecule has 120 valence electrons. The van der Waals surface area contributed by atoms with Gasteiger partial charge in [0.05, 0.1) is 18.4 Å². The Morgan fingerprint density at radius 1 is 1.35 bits per heavy atom. The van der Waals surface area contributed by atoms with E-state index >= 15 is 0 Å². The number of carbonyl (C=O) groups is 1. The third-order valence-electron chi connectivity index (χ3n) is 5.04. The Morgan fingerprint density at radius 2 is 2.13 bits per heavy atom. The summed E-state index contributed by atoms with van der Waals surface area (Å²) in [6.45, 7) is 2.01. The summed E-state index contributed by atoms with van der Waals surface area (Å²) in [5.74, 6) is -0.299. The van der Waals surface area contributed by atoms with E-state index in [2.05, 4.69) is 10.3 Å². The lowest BCUT2D eigenvalue weighted by atomic mass is 9.80. The molecule has 2 aromatic rings. The summed E-state index contributed by atoms with van der Waals surface area (Å²) in [6.07, 6.45) is 5.30. The molecule has 0 radical (unpaired) electrons. The summed E-state index contributed by atoms with van der Waals surface area (Å²) in [6, 6.07) is 7.06. The molecular weight excluding hydrogens is 308 g/mol. The van der Waals surface area contributed by atoms with Gasteiger partial charge in [-0.05, 0) is 50.3 Å². The Morgan fingerprint density at radius 3 is 2.78 bits per heavy atom. The molecule has 0 saturated carbocycles. The molecule has 2 atom stereocenters. The van der Waals surface area contributed by atoms with Crippen LogP contribution in [0.1, 0.15) is 41.6 Å². The van der Waals surface area contributed by atoms with Crippen LogP contribution in [-0.2, 0) is 4.74 Å². The largest absolute Gasteiger partial charge is 0.465 e. The second kappa shape index (κ2) is 5.64. The molecule has 2 aliphatic rings. The molecule has 1 aromatic carbocycles. The molecule has 2 fully saturated rings. The van der Waals surface area contributed by atoms with Crippen LogP contribution in [0, 0.1) is 6.92 Å². The summed E-state index contributed by atoms with van der Waals surface area (Å²) in [4.78, 5) is 19.0. The second-order valence-corrected chi connectivity index (χ2v) is 7.25. The summed E-state index contributed by atoms with van der Waals surface area (Å²) >= 11 is 1.73. The molecular formula is C18H20N2O2S. The Balaban J connectivity index is 1.61. The predicted octanol–water partition coefficient (Wildman–Crippen LogP) is 4.04. The van der Waals surface area contributed by atoms with Gasteiger partial charge in [-0.25, -0.2) is 9.78 Å². The number of methoxy groups -OCH3 is 1. The van der Waals surface area contributed by atoms with Gasteiger partial charge in [-0.2, -0.15) is 0 Å². The minimum absolute atomic E-state index is 0.299. The number of benzene rings is 1. The van der Waals surface area contributed by atoms with Crippen molar-refractivity contribution in [3.8, 4) is 11.3 Å². The summed E-state index contributed by atoms with van der Waals surface area (Å²) in [5, 5.41) is 3.28. The number of hydrogen-bond acceptors (Lipinski definition) is 5. The van der Waals surface area contributed by atoms with Crippen molar-refractivity contribution in [1.82, 2.24) is 4.98 Å². The van der Waals surface area contributed by atoms with Crippen LogP contribution in [0.25, 0.3) is 11.3 Å². The van der Waals surface area contributed by atoms with Crippen LogP contribution in [-0.4, -0.2) is 30.1 Å². The first-order valence-corrected chi connectivity index (χ1v) is 8.98. The number of hydrogen-bond donors (Lipinski definition) is 0. The van der Waals surface area contributed by atoms with E-state index in [1.807, 2.05) is 25.1 Å². The molecule has 3 heterocycles. The number of rotatable bonds is 3. The lowest BCUT2D eigenvalue weighted by Crippen LogP contribution is -2.59. The number of anilines is 1. The number of carbonyl (C=O) groups excluding carboxylic acids is 1. The Hall–Kier alpha value is -1.88. The van der Waals surface area contributed by atoms with E-state index in [4.69, 9.17) is 9.72 Å². The number of aryl methyl sites for hydroxylation is 1. The van der Waals surface area contributed by atoms with Crippen molar-refractivity contribution in [2.45, 2.75) is 44.7 Å². The van der Waals surface area contributed by atoms with Crippen LogP contribution in [0.4, 0.5) is 5.13 Å². The third-order valence-corrected chi connectivity index (χ3v) is 5.90. The fourth-order valence-corrected chi connectivity index (χ4v) is 4.79. The minimum Gasteiger partial charge on any atom is -0.465 e. The molecule has 2 bridgehead atoms. The number of aromatic nitrogens is 1. The maximum Gasteiger partial charge on any atom is 0.337 e. The van der Waals surface area contributed by atoms with E-state index in [-0.39, 0.29) is 5.97 Å². The second-order valence-electron chi connectivity index (χ2n) is 6.42. The molecule has 2 saturated heterocycles. The van der Waals surface area contributed by atoms with Crippen LogP contribution in [0.2, 0.25) is 0 Å². The lowest BCUT2D eigenvalue weighted by Gasteiger charge is -2.53. The molecule has 0 unspecified atom stereocenters. The van der Waals surface area contributed by atoms with Gasteiger partial charge in [0, 0.05) is 23.0 Å². The van der Waals surface area contributed by atoms with Crippen LogP contribution in [0.5, 0.6) is 0 Å². The van der Waals surface area contributed by atoms with Crippen molar-refractivity contribution in [1.29, 1.82) is 0 Å². The van der Waals surface area contributed by atoms with Crippen molar-refractivity contribution in [2.24, 2.45) is 0 Å². The van der Waals surface area contributed by atoms with Gasteiger partial charge in [0.1, 0.15) is 0 Å². The Bertz CT molecular complexity index is 741. The average molecular weight is 328 g/mol. The van der Waals surface area contributed by atoms with Crippen LogP contribution in [0.3, 0.4) is 0 Å². The van der Waals surface area contributed by atoms with Crippen LogP contribution >= 0.6 is 11.3 Å². The highest BCUT2D eigenvalue weighted by atomic mass is 32.1. The molecule has 0 aliphatic carbocycles. The maximum absolute atomic E-state index is 11.6. The smallest absolute Gasteiger partial charge is 0.337 e. The highest BCUT2D eigenvalue weighted by Gasteiger charge is 2.42. The SMILES string of the molecule is COC(=O)c1ccc(-c2csc(N3[C@H]4CCC[C@H]3C4)n2)c(C)c1.